The average molecular weight is 1130 g/mol. The Balaban J connectivity index is 1.47. The van der Waals surface area contributed by atoms with E-state index in [0.29, 0.717) is 55.0 Å². The molecule has 0 saturated heterocycles. The number of hydrogen-bond donors (Lipinski definition) is 3. The van der Waals surface area contributed by atoms with Crippen LogP contribution in [-0.2, 0) is 4.79 Å². The molecule has 7 aromatic rings. The van der Waals surface area contributed by atoms with E-state index in [4.69, 9.17) is 0 Å². The maximum absolute atomic E-state index is 16.8. The van der Waals surface area contributed by atoms with Crippen LogP contribution in [0.15, 0.2) is 29.2 Å². The number of carbonyl (C=O) groups excluding carboxylic acids is 1. The van der Waals surface area contributed by atoms with Crippen LogP contribution in [0.3, 0.4) is 0 Å². The predicted molar refractivity (Wildman–Crippen MR) is 248 cm³/mol. The molecule has 2 aliphatic rings. The Bertz CT molecular complexity index is 3850. The Hall–Kier alpha value is -8.03. The van der Waals surface area contributed by atoms with Crippen LogP contribution in [0.25, 0.3) is 90.9 Å². The first-order valence-electron chi connectivity index (χ1n) is 22.2. The van der Waals surface area contributed by atoms with Gasteiger partial charge >= 0.3 is 0 Å². The van der Waals surface area contributed by atoms with Crippen molar-refractivity contribution in [2.75, 3.05) is 12.3 Å². The largest absolute Gasteiger partial charge is 0.355 e. The summed E-state index contributed by atoms with van der Waals surface area (Å²) in [7, 11) is 0. The summed E-state index contributed by atoms with van der Waals surface area (Å²) in [5.74, 6) is -48.8. The molecule has 2 aliphatic heterocycles. The minimum atomic E-state index is -2.71. The Morgan fingerprint density at radius 3 is 0.910 bits per heavy atom. The molecule has 0 fully saturated rings. The minimum absolute atomic E-state index is 0.193. The summed E-state index contributed by atoms with van der Waals surface area (Å²) in [5.41, 5.74) is -20.6. The zero-order chi connectivity index (χ0) is 56.9. The standard InChI is InChI=1S/C52H26F19N5OS/c1-4-52(2,3)51(77)72-13-14-78-50-48(70)37(59)30(38(60)49(50)71)26-21-11-9-19(75-21)24(28-33(55)41(63)46(68)42(64)34(28)56)17-7-5-15(73-17)23(27-31(53)39(61)45(67)40(62)32(27)54)16-6-8-18(74-16)25(20-10-12-22(26)76-20)29-35(57)43(65)47(69)44(66)36(29)58/h5-12,73,76H,4,13-14H2,1-3H3,(H,72,77). The summed E-state index contributed by atoms with van der Waals surface area (Å²) >= 11 is 0.193. The fraction of sp³-hybridized carbons (Fsp3) is 0.135. The molecule has 3 aromatic heterocycles. The summed E-state index contributed by atoms with van der Waals surface area (Å²) in [5, 5.41) is 2.50. The normalized spacial score (nSPS) is 12.4. The second kappa shape index (κ2) is 20.1. The Labute approximate surface area is 428 Å². The van der Waals surface area contributed by atoms with E-state index in [1.807, 2.05) is 0 Å². The summed E-state index contributed by atoms with van der Waals surface area (Å²) in [6, 6.07) is 2.72. The number of thioether (sulfide) groups is 1. The van der Waals surface area contributed by atoms with Gasteiger partial charge in [-0.3, -0.25) is 4.79 Å². The fourth-order valence-electron chi connectivity index (χ4n) is 8.41. The number of aromatic amines is 2. The first kappa shape index (κ1) is 54.7. The van der Waals surface area contributed by atoms with Crippen molar-refractivity contribution in [3.05, 3.63) is 158 Å². The molecule has 404 valence electrons. The van der Waals surface area contributed by atoms with Gasteiger partial charge < -0.3 is 15.3 Å². The van der Waals surface area contributed by atoms with Crippen molar-refractivity contribution in [3.8, 4) is 44.5 Å². The molecule has 0 saturated carbocycles. The van der Waals surface area contributed by atoms with Gasteiger partial charge in [0, 0.05) is 62.0 Å². The van der Waals surface area contributed by atoms with Crippen LogP contribution in [0.5, 0.6) is 0 Å². The lowest BCUT2D eigenvalue weighted by atomic mass is 9.89. The number of halogens is 19. The second-order valence-electron chi connectivity index (χ2n) is 17.6. The highest BCUT2D eigenvalue weighted by Crippen LogP contribution is 2.45. The van der Waals surface area contributed by atoms with Gasteiger partial charge in [0.15, 0.2) is 93.1 Å². The summed E-state index contributed by atoms with van der Waals surface area (Å²) < 4.78 is 296. The van der Waals surface area contributed by atoms with Crippen LogP contribution < -0.4 is 5.32 Å². The zero-order valence-corrected chi connectivity index (χ0v) is 39.9. The Morgan fingerprint density at radius 1 is 0.410 bits per heavy atom. The molecule has 6 nitrogen and oxygen atoms in total. The van der Waals surface area contributed by atoms with Crippen molar-refractivity contribution in [2.45, 2.75) is 32.1 Å². The van der Waals surface area contributed by atoms with Crippen molar-refractivity contribution in [2.24, 2.45) is 5.41 Å². The lowest BCUT2D eigenvalue weighted by Gasteiger charge is -2.21. The third-order valence-electron chi connectivity index (χ3n) is 12.7. The van der Waals surface area contributed by atoms with E-state index in [1.54, 1.807) is 20.8 Å². The first-order chi connectivity index (χ1) is 36.7. The highest BCUT2D eigenvalue weighted by atomic mass is 32.2. The Kier molecular flexibility index (Phi) is 14.1. The second-order valence-corrected chi connectivity index (χ2v) is 18.7. The Morgan fingerprint density at radius 2 is 0.654 bits per heavy atom. The number of hydrogen-bond acceptors (Lipinski definition) is 4. The zero-order valence-electron chi connectivity index (χ0n) is 39.1. The van der Waals surface area contributed by atoms with Gasteiger partial charge in [-0.1, -0.05) is 20.8 Å². The van der Waals surface area contributed by atoms with Gasteiger partial charge in [-0.05, 0) is 55.0 Å². The van der Waals surface area contributed by atoms with Gasteiger partial charge in [0.1, 0.15) is 0 Å². The molecule has 8 bridgehead atoms. The number of aromatic nitrogens is 4. The van der Waals surface area contributed by atoms with E-state index in [9.17, 15) is 18.0 Å². The average Bonchev–Trinajstić information content (AvgIpc) is 4.45. The van der Waals surface area contributed by atoms with Crippen molar-refractivity contribution in [1.29, 1.82) is 0 Å². The molecule has 9 rings (SSSR count). The maximum atomic E-state index is 16.8. The topological polar surface area (TPSA) is 86.5 Å². The highest BCUT2D eigenvalue weighted by Gasteiger charge is 2.36. The molecule has 26 heteroatoms. The molecular weight excluding hydrogens is 1100 g/mol. The molecule has 0 aliphatic carbocycles. The molecule has 3 N–H and O–H groups in total. The van der Waals surface area contributed by atoms with E-state index in [2.05, 4.69) is 25.3 Å². The van der Waals surface area contributed by atoms with Crippen LogP contribution >= 0.6 is 11.8 Å². The number of benzene rings is 4. The van der Waals surface area contributed by atoms with Crippen LogP contribution in [0.4, 0.5) is 83.4 Å². The third-order valence-corrected chi connectivity index (χ3v) is 13.8. The SMILES string of the molecule is CCC(C)(C)C(=O)NCCSc1c(F)c(F)c(-c2c3nc(c(-c4c(F)c(F)c(F)c(F)c4F)c4ccc([nH]4)c(-c4c(F)c(F)c(F)c(F)c4F)c4nc(c(-c5c(F)c(F)c(F)c(F)c5F)c5ccc2[nH]5)C=C4)C=C3)c(F)c1F. The van der Waals surface area contributed by atoms with Gasteiger partial charge in [-0.15, -0.1) is 11.8 Å². The molecule has 5 heterocycles. The summed E-state index contributed by atoms with van der Waals surface area (Å²) in [6.07, 6.45) is 2.98. The van der Waals surface area contributed by atoms with Crippen molar-refractivity contribution in [3.63, 3.8) is 0 Å². The van der Waals surface area contributed by atoms with Gasteiger partial charge in [0.2, 0.25) is 23.4 Å². The maximum Gasteiger partial charge on any atom is 0.225 e. The van der Waals surface area contributed by atoms with E-state index < -0.39 is 222 Å². The molecule has 4 aromatic carbocycles. The van der Waals surface area contributed by atoms with E-state index in [1.165, 1.54) is 0 Å². The molecular formula is C52H26F19N5OS. The highest BCUT2D eigenvalue weighted by molar-refractivity contribution is 7.99. The van der Waals surface area contributed by atoms with E-state index in [-0.39, 0.29) is 18.3 Å². The van der Waals surface area contributed by atoms with Crippen LogP contribution in [0.2, 0.25) is 0 Å². The van der Waals surface area contributed by atoms with Crippen LogP contribution in [0.1, 0.15) is 50.0 Å². The van der Waals surface area contributed by atoms with Gasteiger partial charge in [-0.2, -0.15) is 0 Å². The van der Waals surface area contributed by atoms with Crippen molar-refractivity contribution < 1.29 is 88.2 Å². The third kappa shape index (κ3) is 8.63. The smallest absolute Gasteiger partial charge is 0.225 e. The van der Waals surface area contributed by atoms with Crippen molar-refractivity contribution in [1.82, 2.24) is 25.3 Å². The van der Waals surface area contributed by atoms with E-state index in [0.717, 1.165) is 0 Å². The minimum Gasteiger partial charge on any atom is -0.355 e. The molecule has 78 heavy (non-hydrogen) atoms. The molecule has 0 atom stereocenters. The summed E-state index contributed by atoms with van der Waals surface area (Å²) in [4.78, 5) is 24.0. The molecule has 1 amide bonds. The number of H-pyrrole nitrogens is 2. The van der Waals surface area contributed by atoms with Crippen molar-refractivity contribution >= 4 is 64.0 Å². The number of fused-ring (bicyclic) bond motifs is 8. The molecule has 0 unspecified atom stereocenters. The van der Waals surface area contributed by atoms with Crippen LogP contribution in [0, 0.1) is 116 Å². The van der Waals surface area contributed by atoms with Crippen LogP contribution in [-0.4, -0.2) is 38.1 Å². The number of nitrogens with zero attached hydrogens (tertiary/aromatic N) is 2. The number of amides is 1. The van der Waals surface area contributed by atoms with Gasteiger partial charge in [0.25, 0.3) is 0 Å². The predicted octanol–water partition coefficient (Wildman–Crippen LogP) is 15.6. The fourth-order valence-corrected chi connectivity index (χ4v) is 9.25. The quantitative estimate of drug-likeness (QED) is 0.0419. The van der Waals surface area contributed by atoms with Gasteiger partial charge in [0.05, 0.1) is 49.9 Å². The van der Waals surface area contributed by atoms with E-state index >= 15 is 70.2 Å². The monoisotopic (exact) mass is 1130 g/mol. The number of rotatable bonds is 10. The lowest BCUT2D eigenvalue weighted by Crippen LogP contribution is -2.37. The summed E-state index contributed by atoms with van der Waals surface area (Å²) in [6.45, 7) is 4.59. The first-order valence-corrected chi connectivity index (χ1v) is 23.2. The molecule has 0 radical (unpaired) electrons. The van der Waals surface area contributed by atoms with Gasteiger partial charge in [-0.25, -0.2) is 93.4 Å². The molecule has 0 spiro atoms. The lowest BCUT2D eigenvalue weighted by molar-refractivity contribution is -0.129. The number of nitrogens with one attached hydrogen (secondary N) is 3. The number of carbonyl (C=O) groups is 1.